The molecule has 0 radical (unpaired) electrons. The van der Waals surface area contributed by atoms with Crippen molar-refractivity contribution in [2.45, 2.75) is 25.9 Å². The monoisotopic (exact) mass is 264 g/mol. The first kappa shape index (κ1) is 13.9. The van der Waals surface area contributed by atoms with Crippen molar-refractivity contribution in [2.75, 3.05) is 20.8 Å². The van der Waals surface area contributed by atoms with Crippen LogP contribution in [0.15, 0.2) is 18.2 Å². The van der Waals surface area contributed by atoms with Gasteiger partial charge in [0.15, 0.2) is 17.3 Å². The lowest BCUT2D eigenvalue weighted by Gasteiger charge is -2.16. The minimum atomic E-state index is -0.317. The standard InChI is InChI=1S/C15H20O4/c1-4-19-15(10-5-6-10)14(16)11-7-8-12(17-2)13(9-11)18-3/h7-10,15H,4-6H2,1-3H3. The zero-order chi connectivity index (χ0) is 13.8. The quantitative estimate of drug-likeness (QED) is 0.710. The number of methoxy groups -OCH3 is 2. The smallest absolute Gasteiger partial charge is 0.191 e. The Bertz CT molecular complexity index is 451. The average molecular weight is 264 g/mol. The molecule has 0 heterocycles. The number of carbonyl (C=O) groups is 1. The predicted molar refractivity (Wildman–Crippen MR) is 72.0 cm³/mol. The number of hydrogen-bond donors (Lipinski definition) is 0. The molecule has 4 heteroatoms. The fourth-order valence-electron chi connectivity index (χ4n) is 2.16. The Balaban J connectivity index is 2.22. The summed E-state index contributed by atoms with van der Waals surface area (Å²) in [5.41, 5.74) is 0.614. The molecule has 0 spiro atoms. The van der Waals surface area contributed by atoms with Crippen LogP contribution in [0.4, 0.5) is 0 Å². The summed E-state index contributed by atoms with van der Waals surface area (Å²) < 4.78 is 16.0. The van der Waals surface area contributed by atoms with E-state index in [9.17, 15) is 4.79 Å². The van der Waals surface area contributed by atoms with Crippen molar-refractivity contribution in [1.82, 2.24) is 0 Å². The minimum absolute atomic E-state index is 0.0327. The molecule has 0 bridgehead atoms. The summed E-state index contributed by atoms with van der Waals surface area (Å²) in [6.07, 6.45) is 1.83. The van der Waals surface area contributed by atoms with Crippen LogP contribution in [0.25, 0.3) is 0 Å². The molecule has 104 valence electrons. The van der Waals surface area contributed by atoms with Crippen LogP contribution in [-0.4, -0.2) is 32.7 Å². The van der Waals surface area contributed by atoms with Gasteiger partial charge in [0.05, 0.1) is 14.2 Å². The number of ketones is 1. The van der Waals surface area contributed by atoms with E-state index in [0.29, 0.717) is 29.6 Å². The second-order valence-corrected chi connectivity index (χ2v) is 4.65. The fraction of sp³-hybridized carbons (Fsp3) is 0.533. The molecular weight excluding hydrogens is 244 g/mol. The third-order valence-corrected chi connectivity index (χ3v) is 3.32. The second kappa shape index (κ2) is 6.06. The highest BCUT2D eigenvalue weighted by molar-refractivity contribution is 6.00. The maximum atomic E-state index is 12.5. The molecule has 4 nitrogen and oxygen atoms in total. The van der Waals surface area contributed by atoms with Crippen molar-refractivity contribution in [3.05, 3.63) is 23.8 Å². The molecule has 2 rings (SSSR count). The molecule has 1 aliphatic rings. The maximum Gasteiger partial charge on any atom is 0.191 e. The Kier molecular flexibility index (Phi) is 4.43. The van der Waals surface area contributed by atoms with Crippen molar-refractivity contribution >= 4 is 5.78 Å². The van der Waals surface area contributed by atoms with Gasteiger partial charge in [-0.15, -0.1) is 0 Å². The number of carbonyl (C=O) groups excluding carboxylic acids is 1. The van der Waals surface area contributed by atoms with E-state index in [-0.39, 0.29) is 11.9 Å². The molecule has 0 aromatic heterocycles. The molecule has 0 saturated heterocycles. The maximum absolute atomic E-state index is 12.5. The Hall–Kier alpha value is -1.55. The topological polar surface area (TPSA) is 44.8 Å². The van der Waals surface area contributed by atoms with E-state index in [1.807, 2.05) is 6.92 Å². The lowest BCUT2D eigenvalue weighted by molar-refractivity contribution is 0.0374. The molecule has 1 saturated carbocycles. The summed E-state index contributed by atoms with van der Waals surface area (Å²) in [6, 6.07) is 5.23. The van der Waals surface area contributed by atoms with Crippen molar-refractivity contribution in [3.63, 3.8) is 0 Å². The highest BCUT2D eigenvalue weighted by Crippen LogP contribution is 2.37. The summed E-state index contributed by atoms with van der Waals surface area (Å²) in [6.45, 7) is 2.47. The van der Waals surface area contributed by atoms with E-state index in [2.05, 4.69) is 0 Å². The lowest BCUT2D eigenvalue weighted by atomic mass is 10.0. The molecule has 0 amide bonds. The highest BCUT2D eigenvalue weighted by Gasteiger charge is 2.37. The molecule has 19 heavy (non-hydrogen) atoms. The van der Waals surface area contributed by atoms with Gasteiger partial charge in [0.25, 0.3) is 0 Å². The Morgan fingerprint density at radius 3 is 2.47 bits per heavy atom. The molecule has 1 unspecified atom stereocenters. The van der Waals surface area contributed by atoms with E-state index in [1.165, 1.54) is 0 Å². The Morgan fingerprint density at radius 1 is 1.26 bits per heavy atom. The summed E-state index contributed by atoms with van der Waals surface area (Å²) in [4.78, 5) is 12.5. The van der Waals surface area contributed by atoms with Gasteiger partial charge in [-0.2, -0.15) is 0 Å². The largest absolute Gasteiger partial charge is 0.493 e. The van der Waals surface area contributed by atoms with Gasteiger partial charge in [0, 0.05) is 12.2 Å². The van der Waals surface area contributed by atoms with Crippen LogP contribution in [0, 0.1) is 5.92 Å². The zero-order valence-corrected chi connectivity index (χ0v) is 11.6. The molecule has 1 atom stereocenters. The van der Waals surface area contributed by atoms with E-state index < -0.39 is 0 Å². The number of ether oxygens (including phenoxy) is 3. The predicted octanol–water partition coefficient (Wildman–Crippen LogP) is 2.70. The van der Waals surface area contributed by atoms with Gasteiger partial charge < -0.3 is 14.2 Å². The van der Waals surface area contributed by atoms with Gasteiger partial charge >= 0.3 is 0 Å². The number of benzene rings is 1. The van der Waals surface area contributed by atoms with Gasteiger partial charge in [0.2, 0.25) is 0 Å². The van der Waals surface area contributed by atoms with Gasteiger partial charge in [-0.1, -0.05) is 0 Å². The number of rotatable bonds is 7. The fourth-order valence-corrected chi connectivity index (χ4v) is 2.16. The summed E-state index contributed by atoms with van der Waals surface area (Å²) >= 11 is 0. The highest BCUT2D eigenvalue weighted by atomic mass is 16.5. The van der Waals surface area contributed by atoms with Crippen LogP contribution in [-0.2, 0) is 4.74 Å². The summed E-state index contributed by atoms with van der Waals surface area (Å²) in [7, 11) is 3.14. The van der Waals surface area contributed by atoms with Crippen LogP contribution < -0.4 is 9.47 Å². The number of Topliss-reactive ketones (excluding diaryl/α,β-unsaturated/α-hetero) is 1. The first-order valence-corrected chi connectivity index (χ1v) is 6.59. The Labute approximate surface area is 113 Å². The molecule has 1 fully saturated rings. The summed E-state index contributed by atoms with van der Waals surface area (Å²) in [5.74, 6) is 1.60. The van der Waals surface area contributed by atoms with Gasteiger partial charge in [-0.05, 0) is 43.9 Å². The SMILES string of the molecule is CCOC(C(=O)c1ccc(OC)c(OC)c1)C1CC1. The van der Waals surface area contributed by atoms with Crippen LogP contribution in [0.3, 0.4) is 0 Å². The lowest BCUT2D eigenvalue weighted by Crippen LogP contribution is -2.26. The van der Waals surface area contributed by atoms with Crippen molar-refractivity contribution in [1.29, 1.82) is 0 Å². The second-order valence-electron chi connectivity index (χ2n) is 4.65. The van der Waals surface area contributed by atoms with Crippen LogP contribution in [0.5, 0.6) is 11.5 Å². The van der Waals surface area contributed by atoms with Gasteiger partial charge in [-0.3, -0.25) is 4.79 Å². The van der Waals surface area contributed by atoms with Crippen LogP contribution >= 0.6 is 0 Å². The van der Waals surface area contributed by atoms with Crippen LogP contribution in [0.2, 0.25) is 0 Å². The van der Waals surface area contributed by atoms with E-state index >= 15 is 0 Å². The van der Waals surface area contributed by atoms with E-state index in [1.54, 1.807) is 32.4 Å². The molecule has 1 aliphatic carbocycles. The van der Waals surface area contributed by atoms with Gasteiger partial charge in [0.1, 0.15) is 6.10 Å². The third-order valence-electron chi connectivity index (χ3n) is 3.32. The number of hydrogen-bond acceptors (Lipinski definition) is 4. The van der Waals surface area contributed by atoms with Crippen molar-refractivity contribution in [3.8, 4) is 11.5 Å². The van der Waals surface area contributed by atoms with Gasteiger partial charge in [-0.25, -0.2) is 0 Å². The average Bonchev–Trinajstić information content (AvgIpc) is 3.27. The third kappa shape index (κ3) is 3.07. The van der Waals surface area contributed by atoms with Crippen molar-refractivity contribution in [2.24, 2.45) is 5.92 Å². The van der Waals surface area contributed by atoms with E-state index in [4.69, 9.17) is 14.2 Å². The minimum Gasteiger partial charge on any atom is -0.493 e. The first-order chi connectivity index (χ1) is 9.21. The van der Waals surface area contributed by atoms with E-state index in [0.717, 1.165) is 12.8 Å². The molecular formula is C15H20O4. The normalized spacial score (nSPS) is 15.9. The van der Waals surface area contributed by atoms with Crippen LogP contribution in [0.1, 0.15) is 30.1 Å². The summed E-state index contributed by atoms with van der Waals surface area (Å²) in [5, 5.41) is 0. The molecule has 0 aliphatic heterocycles. The first-order valence-electron chi connectivity index (χ1n) is 6.59. The van der Waals surface area contributed by atoms with Crippen molar-refractivity contribution < 1.29 is 19.0 Å². The molecule has 0 N–H and O–H groups in total. The molecule has 1 aromatic carbocycles. The molecule has 1 aromatic rings. The Morgan fingerprint density at radius 2 is 1.95 bits per heavy atom. The zero-order valence-electron chi connectivity index (χ0n) is 11.6.